The van der Waals surface area contributed by atoms with Crippen molar-refractivity contribution in [3.05, 3.63) is 71.0 Å². The van der Waals surface area contributed by atoms with Gasteiger partial charge in [0, 0.05) is 11.1 Å². The minimum absolute atomic E-state index is 0.0214. The van der Waals surface area contributed by atoms with Crippen LogP contribution in [0.3, 0.4) is 0 Å². The maximum absolute atomic E-state index is 13.9. The molecular formula is C24H24FNO4. The van der Waals surface area contributed by atoms with Crippen LogP contribution in [0.5, 0.6) is 0 Å². The molecule has 0 aromatic heterocycles. The van der Waals surface area contributed by atoms with Crippen LogP contribution in [-0.4, -0.2) is 22.6 Å². The first-order valence-corrected chi connectivity index (χ1v) is 9.52. The topological polar surface area (TPSA) is 89.6 Å². The molecule has 5 nitrogen and oxygen atoms in total. The number of carbonyl (C=O) groups is 2. The molecule has 1 atom stereocenters. The number of carbonyl (C=O) groups excluding carboxylic acids is 1. The van der Waals surface area contributed by atoms with Crippen LogP contribution in [0.1, 0.15) is 48.4 Å². The van der Waals surface area contributed by atoms with E-state index in [9.17, 15) is 19.1 Å². The monoisotopic (exact) mass is 409 g/mol. The summed E-state index contributed by atoms with van der Waals surface area (Å²) in [6.07, 6.45) is -1.30. The number of rotatable bonds is 5. The van der Waals surface area contributed by atoms with Gasteiger partial charge >= 0.3 is 5.97 Å². The predicted octanol–water partition coefficient (Wildman–Crippen LogP) is 4.99. The molecule has 0 saturated carbocycles. The number of aliphatic carboxylic acids is 1. The van der Waals surface area contributed by atoms with Crippen molar-refractivity contribution in [3.8, 4) is 11.1 Å². The lowest BCUT2D eigenvalue weighted by Crippen LogP contribution is -2.28. The molecule has 0 bridgehead atoms. The molecule has 0 heterocycles. The van der Waals surface area contributed by atoms with Crippen LogP contribution in [0.2, 0.25) is 0 Å². The lowest BCUT2D eigenvalue weighted by Gasteiger charge is -2.29. The van der Waals surface area contributed by atoms with Gasteiger partial charge in [0.1, 0.15) is 5.82 Å². The number of hydrogen-bond donors (Lipinski definition) is 2. The van der Waals surface area contributed by atoms with Crippen LogP contribution in [-0.2, 0) is 9.53 Å². The summed E-state index contributed by atoms with van der Waals surface area (Å²) >= 11 is 0. The molecule has 3 aromatic rings. The van der Waals surface area contributed by atoms with Crippen molar-refractivity contribution >= 4 is 22.6 Å². The van der Waals surface area contributed by atoms with Crippen molar-refractivity contribution in [2.24, 2.45) is 5.73 Å². The van der Waals surface area contributed by atoms with E-state index in [0.29, 0.717) is 22.3 Å². The van der Waals surface area contributed by atoms with E-state index in [4.69, 9.17) is 10.5 Å². The number of primary amides is 1. The summed E-state index contributed by atoms with van der Waals surface area (Å²) in [5, 5.41) is 11.6. The maximum atomic E-state index is 13.9. The first-order valence-electron chi connectivity index (χ1n) is 9.52. The largest absolute Gasteiger partial charge is 0.479 e. The number of amides is 1. The van der Waals surface area contributed by atoms with Crippen molar-refractivity contribution in [1.82, 2.24) is 0 Å². The lowest BCUT2D eigenvalue weighted by atomic mass is 9.85. The second-order valence-electron chi connectivity index (χ2n) is 8.21. The molecule has 0 fully saturated rings. The average molecular weight is 409 g/mol. The van der Waals surface area contributed by atoms with E-state index in [1.807, 2.05) is 30.3 Å². The van der Waals surface area contributed by atoms with Gasteiger partial charge in [-0.2, -0.15) is 0 Å². The number of benzene rings is 3. The maximum Gasteiger partial charge on any atom is 0.337 e. The smallest absolute Gasteiger partial charge is 0.337 e. The highest BCUT2D eigenvalue weighted by molar-refractivity contribution is 6.07. The fourth-order valence-corrected chi connectivity index (χ4v) is 3.66. The molecule has 3 aromatic carbocycles. The minimum Gasteiger partial charge on any atom is -0.479 e. The highest BCUT2D eigenvalue weighted by Gasteiger charge is 2.32. The number of ether oxygens (including phenoxy) is 1. The Hall–Kier alpha value is -3.25. The van der Waals surface area contributed by atoms with Crippen molar-refractivity contribution in [1.29, 1.82) is 0 Å². The van der Waals surface area contributed by atoms with E-state index in [1.165, 1.54) is 12.1 Å². The summed E-state index contributed by atoms with van der Waals surface area (Å²) < 4.78 is 19.8. The summed E-state index contributed by atoms with van der Waals surface area (Å²) in [5.41, 5.74) is 6.72. The molecule has 0 radical (unpaired) electrons. The molecule has 0 spiro atoms. The van der Waals surface area contributed by atoms with E-state index in [-0.39, 0.29) is 5.56 Å². The summed E-state index contributed by atoms with van der Waals surface area (Å²) in [6.45, 7) is 7.10. The van der Waals surface area contributed by atoms with Gasteiger partial charge in [-0.1, -0.05) is 36.4 Å². The molecule has 0 saturated heterocycles. The van der Waals surface area contributed by atoms with Gasteiger partial charge in [-0.15, -0.1) is 0 Å². The minimum atomic E-state index is -1.30. The Labute approximate surface area is 174 Å². The van der Waals surface area contributed by atoms with Gasteiger partial charge < -0.3 is 15.6 Å². The van der Waals surface area contributed by atoms with Crippen molar-refractivity contribution in [2.75, 3.05) is 0 Å². The SMILES string of the molecule is Cc1cc2ccccc2c(-c2ccc(F)cc2C(N)=O)c1[C@H](OC(C)(C)C)C(=O)O. The zero-order chi connectivity index (χ0) is 22.2. The zero-order valence-corrected chi connectivity index (χ0v) is 17.3. The molecule has 0 aliphatic rings. The first-order chi connectivity index (χ1) is 14.0. The standard InChI is InChI=1S/C24H24FNO4/c1-13-11-14-7-5-6-8-16(14)20(17-10-9-15(25)12-18(17)22(26)27)19(13)21(23(28)29)30-24(2,3)4/h5-12,21H,1-4H3,(H2,26,27)(H,28,29)/t21-/m0/s1. The molecule has 1 amide bonds. The molecule has 156 valence electrons. The third kappa shape index (κ3) is 4.19. The fraction of sp³-hybridized carbons (Fsp3) is 0.250. The first kappa shape index (κ1) is 21.5. The number of halogens is 1. The second kappa shape index (κ2) is 7.88. The van der Waals surface area contributed by atoms with E-state index >= 15 is 0 Å². The third-order valence-electron chi connectivity index (χ3n) is 4.77. The number of aryl methyl sites for hydroxylation is 1. The van der Waals surface area contributed by atoms with Gasteiger partial charge in [-0.3, -0.25) is 4.79 Å². The van der Waals surface area contributed by atoms with Crippen LogP contribution in [0, 0.1) is 12.7 Å². The Kier molecular flexibility index (Phi) is 5.63. The quantitative estimate of drug-likeness (QED) is 0.621. The molecule has 30 heavy (non-hydrogen) atoms. The lowest BCUT2D eigenvalue weighted by molar-refractivity contribution is -0.160. The van der Waals surface area contributed by atoms with Crippen molar-refractivity contribution in [2.45, 2.75) is 39.4 Å². The normalized spacial score (nSPS) is 12.7. The number of hydrogen-bond acceptors (Lipinski definition) is 3. The molecule has 6 heteroatoms. The van der Waals surface area contributed by atoms with Gasteiger partial charge in [0.15, 0.2) is 6.10 Å². The van der Waals surface area contributed by atoms with Gasteiger partial charge in [0.2, 0.25) is 5.91 Å². The summed E-state index contributed by atoms with van der Waals surface area (Å²) in [7, 11) is 0. The van der Waals surface area contributed by atoms with E-state index in [0.717, 1.165) is 16.8 Å². The Balaban J connectivity index is 2.47. The number of carboxylic acid groups (broad SMARTS) is 1. The van der Waals surface area contributed by atoms with Crippen LogP contribution >= 0.6 is 0 Å². The van der Waals surface area contributed by atoms with Crippen molar-refractivity contribution < 1.29 is 23.8 Å². The van der Waals surface area contributed by atoms with Gasteiger partial charge in [0.05, 0.1) is 5.60 Å². The van der Waals surface area contributed by atoms with E-state index in [1.54, 1.807) is 27.7 Å². The predicted molar refractivity (Wildman–Crippen MR) is 114 cm³/mol. The highest BCUT2D eigenvalue weighted by atomic mass is 19.1. The fourth-order valence-electron chi connectivity index (χ4n) is 3.66. The Morgan fingerprint density at radius 1 is 1.10 bits per heavy atom. The van der Waals surface area contributed by atoms with Gasteiger partial charge in [0.25, 0.3) is 0 Å². The molecule has 0 unspecified atom stereocenters. The Bertz CT molecular complexity index is 1150. The molecule has 0 aliphatic carbocycles. The van der Waals surface area contributed by atoms with E-state index < -0.39 is 29.4 Å². The summed E-state index contributed by atoms with van der Waals surface area (Å²) in [4.78, 5) is 24.4. The number of carboxylic acids is 1. The highest BCUT2D eigenvalue weighted by Crippen LogP contribution is 2.41. The second-order valence-corrected chi connectivity index (χ2v) is 8.21. The molecule has 3 N–H and O–H groups in total. The van der Waals surface area contributed by atoms with Crippen LogP contribution < -0.4 is 5.73 Å². The van der Waals surface area contributed by atoms with Crippen LogP contribution in [0.15, 0.2) is 48.5 Å². The van der Waals surface area contributed by atoms with Crippen LogP contribution in [0.25, 0.3) is 21.9 Å². The van der Waals surface area contributed by atoms with E-state index in [2.05, 4.69) is 0 Å². The average Bonchev–Trinajstić information content (AvgIpc) is 2.64. The number of fused-ring (bicyclic) bond motifs is 1. The molecular weight excluding hydrogens is 385 g/mol. The van der Waals surface area contributed by atoms with Gasteiger partial charge in [-0.25, -0.2) is 9.18 Å². The summed E-state index contributed by atoms with van der Waals surface area (Å²) in [6, 6.07) is 13.0. The molecule has 0 aliphatic heterocycles. The van der Waals surface area contributed by atoms with Gasteiger partial charge in [-0.05, 0) is 67.3 Å². The number of nitrogens with two attached hydrogens (primary N) is 1. The van der Waals surface area contributed by atoms with Crippen LogP contribution in [0.4, 0.5) is 4.39 Å². The Morgan fingerprint density at radius 2 is 1.77 bits per heavy atom. The summed E-state index contributed by atoms with van der Waals surface area (Å²) in [5.74, 6) is -2.57. The Morgan fingerprint density at radius 3 is 2.37 bits per heavy atom. The molecule has 3 rings (SSSR count). The third-order valence-corrected chi connectivity index (χ3v) is 4.77. The van der Waals surface area contributed by atoms with Crippen molar-refractivity contribution in [3.63, 3.8) is 0 Å². The zero-order valence-electron chi connectivity index (χ0n) is 17.3.